The minimum absolute atomic E-state index is 0.143. The van der Waals surface area contributed by atoms with Crippen molar-refractivity contribution in [2.24, 2.45) is 0 Å². The summed E-state index contributed by atoms with van der Waals surface area (Å²) in [6.07, 6.45) is 1.74. The van der Waals surface area contributed by atoms with Crippen molar-refractivity contribution in [3.63, 3.8) is 0 Å². The molecular formula is C20H16ClN3O3S. The fraction of sp³-hybridized carbons (Fsp3) is 0.150. The molecule has 2 N–H and O–H groups in total. The zero-order valence-corrected chi connectivity index (χ0v) is 16.4. The smallest absolute Gasteiger partial charge is 0.335 e. The topological polar surface area (TPSA) is 78.6 Å². The lowest BCUT2D eigenvalue weighted by atomic mass is 10.0. The molecule has 142 valence electrons. The van der Waals surface area contributed by atoms with E-state index < -0.39 is 5.97 Å². The van der Waals surface area contributed by atoms with E-state index in [4.69, 9.17) is 28.2 Å². The Balaban J connectivity index is 1.73. The third kappa shape index (κ3) is 3.23. The Bertz CT molecular complexity index is 1050. The number of carbonyl (C=O) groups is 1. The van der Waals surface area contributed by atoms with Gasteiger partial charge >= 0.3 is 5.97 Å². The Hall–Kier alpha value is -2.90. The SMILES string of the molecule is CN1C(=S)N[C@H](c2ccccn2)[C@H]1c1ccc(-c2cc(C(=O)O)ccc2Cl)o1. The molecule has 0 radical (unpaired) electrons. The summed E-state index contributed by atoms with van der Waals surface area (Å²) in [5, 5.41) is 13.5. The van der Waals surface area contributed by atoms with Crippen LogP contribution >= 0.6 is 23.8 Å². The molecule has 2 atom stereocenters. The van der Waals surface area contributed by atoms with E-state index in [1.807, 2.05) is 36.2 Å². The molecule has 2 aromatic heterocycles. The highest BCUT2D eigenvalue weighted by Crippen LogP contribution is 2.40. The first kappa shape index (κ1) is 18.5. The summed E-state index contributed by atoms with van der Waals surface area (Å²) in [5.74, 6) is 0.149. The van der Waals surface area contributed by atoms with Crippen molar-refractivity contribution in [1.29, 1.82) is 0 Å². The lowest BCUT2D eigenvalue weighted by molar-refractivity contribution is 0.0697. The van der Waals surface area contributed by atoms with Crippen LogP contribution in [0.2, 0.25) is 5.02 Å². The molecule has 0 saturated carbocycles. The van der Waals surface area contributed by atoms with Crippen molar-refractivity contribution in [3.8, 4) is 11.3 Å². The third-order valence-corrected chi connectivity index (χ3v) is 5.47. The third-order valence-electron chi connectivity index (χ3n) is 4.74. The predicted molar refractivity (Wildman–Crippen MR) is 109 cm³/mol. The lowest BCUT2D eigenvalue weighted by Gasteiger charge is -2.21. The van der Waals surface area contributed by atoms with Crippen LogP contribution in [0.15, 0.2) is 59.1 Å². The number of aromatic carboxylic acids is 1. The summed E-state index contributed by atoms with van der Waals surface area (Å²) in [6, 6.07) is 13.5. The monoisotopic (exact) mass is 413 g/mol. The fourth-order valence-corrected chi connectivity index (χ4v) is 3.77. The van der Waals surface area contributed by atoms with Gasteiger partial charge in [0.1, 0.15) is 17.6 Å². The molecule has 0 aliphatic carbocycles. The minimum Gasteiger partial charge on any atom is -0.478 e. The molecule has 6 nitrogen and oxygen atoms in total. The molecule has 1 aliphatic heterocycles. The van der Waals surface area contributed by atoms with Crippen LogP contribution in [-0.4, -0.2) is 33.1 Å². The molecule has 3 heterocycles. The van der Waals surface area contributed by atoms with Gasteiger partial charge in [-0.1, -0.05) is 17.7 Å². The molecular weight excluding hydrogens is 398 g/mol. The van der Waals surface area contributed by atoms with Gasteiger partial charge in [0.05, 0.1) is 22.3 Å². The summed E-state index contributed by atoms with van der Waals surface area (Å²) in [4.78, 5) is 17.6. The van der Waals surface area contributed by atoms with E-state index in [1.54, 1.807) is 18.3 Å². The first-order valence-corrected chi connectivity index (χ1v) is 9.31. The highest BCUT2D eigenvalue weighted by Gasteiger charge is 2.39. The second kappa shape index (κ2) is 7.26. The van der Waals surface area contributed by atoms with E-state index >= 15 is 0 Å². The van der Waals surface area contributed by atoms with Crippen LogP contribution in [0.1, 0.15) is 33.9 Å². The van der Waals surface area contributed by atoms with Gasteiger partial charge in [0.25, 0.3) is 0 Å². The molecule has 0 bridgehead atoms. The summed E-state index contributed by atoms with van der Waals surface area (Å²) in [7, 11) is 1.89. The zero-order valence-electron chi connectivity index (χ0n) is 14.8. The largest absolute Gasteiger partial charge is 0.478 e. The average molecular weight is 414 g/mol. The van der Waals surface area contributed by atoms with Gasteiger partial charge in [0, 0.05) is 18.8 Å². The summed E-state index contributed by atoms with van der Waals surface area (Å²) in [6.45, 7) is 0. The van der Waals surface area contributed by atoms with Crippen LogP contribution in [0.3, 0.4) is 0 Å². The van der Waals surface area contributed by atoms with Crippen molar-refractivity contribution in [1.82, 2.24) is 15.2 Å². The molecule has 1 fully saturated rings. The van der Waals surface area contributed by atoms with Gasteiger partial charge in [0.15, 0.2) is 5.11 Å². The minimum atomic E-state index is -1.02. The number of halogens is 1. The number of rotatable bonds is 4. The van der Waals surface area contributed by atoms with Gasteiger partial charge in [-0.15, -0.1) is 0 Å². The molecule has 4 rings (SSSR count). The number of carboxylic acids is 1. The number of benzene rings is 1. The Morgan fingerprint density at radius 2 is 2.11 bits per heavy atom. The Morgan fingerprint density at radius 1 is 1.29 bits per heavy atom. The van der Waals surface area contributed by atoms with E-state index in [-0.39, 0.29) is 17.6 Å². The molecule has 1 saturated heterocycles. The van der Waals surface area contributed by atoms with E-state index in [2.05, 4.69) is 10.3 Å². The summed E-state index contributed by atoms with van der Waals surface area (Å²) >= 11 is 11.7. The Morgan fingerprint density at radius 3 is 2.82 bits per heavy atom. The second-order valence-electron chi connectivity index (χ2n) is 6.44. The number of aromatic nitrogens is 1. The van der Waals surface area contributed by atoms with Gasteiger partial charge < -0.3 is 19.7 Å². The number of hydrogen-bond donors (Lipinski definition) is 2. The van der Waals surface area contributed by atoms with Gasteiger partial charge in [0.2, 0.25) is 0 Å². The zero-order chi connectivity index (χ0) is 19.8. The van der Waals surface area contributed by atoms with E-state index in [1.165, 1.54) is 12.1 Å². The molecule has 8 heteroatoms. The highest BCUT2D eigenvalue weighted by atomic mass is 35.5. The normalized spacial score (nSPS) is 18.9. The maximum Gasteiger partial charge on any atom is 0.335 e. The van der Waals surface area contributed by atoms with Crippen LogP contribution in [0.25, 0.3) is 11.3 Å². The first-order valence-electron chi connectivity index (χ1n) is 8.53. The molecule has 0 amide bonds. The van der Waals surface area contributed by atoms with Crippen molar-refractivity contribution in [2.75, 3.05) is 7.05 Å². The number of nitrogens with one attached hydrogen (secondary N) is 1. The molecule has 0 unspecified atom stereocenters. The quantitative estimate of drug-likeness (QED) is 0.617. The van der Waals surface area contributed by atoms with Gasteiger partial charge in [-0.3, -0.25) is 4.98 Å². The maximum absolute atomic E-state index is 11.3. The van der Waals surface area contributed by atoms with Crippen molar-refractivity contribution < 1.29 is 14.3 Å². The van der Waals surface area contributed by atoms with Crippen LogP contribution < -0.4 is 5.32 Å². The number of likely N-dealkylation sites (N-methyl/N-ethyl adjacent to an activating group) is 1. The molecule has 1 aliphatic rings. The predicted octanol–water partition coefficient (Wildman–Crippen LogP) is 4.30. The van der Waals surface area contributed by atoms with Crippen LogP contribution in [-0.2, 0) is 0 Å². The van der Waals surface area contributed by atoms with E-state index in [9.17, 15) is 9.90 Å². The summed E-state index contributed by atoms with van der Waals surface area (Å²) in [5.41, 5.74) is 1.52. The standard InChI is InChI=1S/C20H16ClN3O3S/c1-24-18(17(23-20(24)28)14-4-2-3-9-22-14)16-8-7-15(27-16)12-10-11(19(25)26)5-6-13(12)21/h2-10,17-18H,1H3,(H,23,28)(H,25,26)/t17-,18-/m1/s1. The molecule has 28 heavy (non-hydrogen) atoms. The van der Waals surface area contributed by atoms with Crippen molar-refractivity contribution in [2.45, 2.75) is 12.1 Å². The molecule has 3 aromatic rings. The molecule has 1 aromatic carbocycles. The number of hydrogen-bond acceptors (Lipinski definition) is 4. The van der Waals surface area contributed by atoms with E-state index in [0.29, 0.717) is 27.2 Å². The fourth-order valence-electron chi connectivity index (χ4n) is 3.32. The van der Waals surface area contributed by atoms with Crippen LogP contribution in [0.5, 0.6) is 0 Å². The first-order chi connectivity index (χ1) is 13.5. The number of nitrogens with zero attached hydrogens (tertiary/aromatic N) is 2. The number of furan rings is 1. The van der Waals surface area contributed by atoms with E-state index in [0.717, 1.165) is 5.69 Å². The Labute approximate surface area is 171 Å². The van der Waals surface area contributed by atoms with Crippen molar-refractivity contribution >= 4 is 34.9 Å². The van der Waals surface area contributed by atoms with Crippen LogP contribution in [0, 0.1) is 0 Å². The number of thiocarbonyl (C=S) groups is 1. The Kier molecular flexibility index (Phi) is 4.78. The number of pyridine rings is 1. The van der Waals surface area contributed by atoms with Crippen LogP contribution in [0.4, 0.5) is 0 Å². The lowest BCUT2D eigenvalue weighted by Crippen LogP contribution is -2.24. The average Bonchev–Trinajstić information content (AvgIpc) is 3.28. The van der Waals surface area contributed by atoms with Gasteiger partial charge in [-0.2, -0.15) is 0 Å². The summed E-state index contributed by atoms with van der Waals surface area (Å²) < 4.78 is 6.09. The molecule has 0 spiro atoms. The number of carboxylic acid groups (broad SMARTS) is 1. The second-order valence-corrected chi connectivity index (χ2v) is 7.23. The van der Waals surface area contributed by atoms with Gasteiger partial charge in [-0.05, 0) is 54.7 Å². The maximum atomic E-state index is 11.3. The highest BCUT2D eigenvalue weighted by molar-refractivity contribution is 7.80. The van der Waals surface area contributed by atoms with Crippen molar-refractivity contribution in [3.05, 3.63) is 76.8 Å². The van der Waals surface area contributed by atoms with Gasteiger partial charge in [-0.25, -0.2) is 4.79 Å².